The highest BCUT2D eigenvalue weighted by molar-refractivity contribution is 7.91. The van der Waals surface area contributed by atoms with Gasteiger partial charge in [-0.15, -0.1) is 0 Å². The number of amides is 1. The number of fused-ring (bicyclic) bond motifs is 2. The van der Waals surface area contributed by atoms with E-state index in [0.29, 0.717) is 19.0 Å². The van der Waals surface area contributed by atoms with Crippen molar-refractivity contribution in [1.29, 1.82) is 0 Å². The van der Waals surface area contributed by atoms with Gasteiger partial charge in [0.25, 0.3) is 0 Å². The van der Waals surface area contributed by atoms with Crippen LogP contribution < -0.4 is 5.32 Å². The molecule has 3 aliphatic heterocycles. The summed E-state index contributed by atoms with van der Waals surface area (Å²) in [4.78, 5) is 14.1. The molecule has 1 aromatic carbocycles. The molecular formula is C22H30N2O6S. The maximum Gasteiger partial charge on any atom is 0.225 e. The average Bonchev–Trinajstić information content (AvgIpc) is 3.40. The van der Waals surface area contributed by atoms with Gasteiger partial charge < -0.3 is 24.8 Å². The van der Waals surface area contributed by atoms with Gasteiger partial charge in [-0.1, -0.05) is 24.3 Å². The lowest BCUT2D eigenvalue weighted by Crippen LogP contribution is -2.45. The summed E-state index contributed by atoms with van der Waals surface area (Å²) < 4.78 is 35.2. The molecule has 3 heterocycles. The molecule has 5 rings (SSSR count). The van der Waals surface area contributed by atoms with Crippen LogP contribution in [0, 0.1) is 0 Å². The van der Waals surface area contributed by atoms with Crippen LogP contribution in [0.4, 0.5) is 0 Å². The summed E-state index contributed by atoms with van der Waals surface area (Å²) in [6, 6.07) is 8.82. The van der Waals surface area contributed by atoms with Crippen LogP contribution in [0.5, 0.6) is 0 Å². The molecule has 1 aromatic rings. The number of nitrogens with one attached hydrogen (secondary N) is 1. The molecule has 0 spiro atoms. The summed E-state index contributed by atoms with van der Waals surface area (Å²) >= 11 is 0. The highest BCUT2D eigenvalue weighted by Crippen LogP contribution is 2.36. The second-order valence-electron chi connectivity index (χ2n) is 9.18. The fourth-order valence-electron chi connectivity index (χ4n) is 5.28. The third-order valence-corrected chi connectivity index (χ3v) is 8.65. The molecule has 1 amide bonds. The molecular weight excluding hydrogens is 420 g/mol. The zero-order valence-electron chi connectivity index (χ0n) is 17.5. The number of hydrogen-bond acceptors (Lipinski definition) is 7. The fourth-order valence-corrected chi connectivity index (χ4v) is 6.48. The van der Waals surface area contributed by atoms with Crippen molar-refractivity contribution >= 4 is 15.7 Å². The minimum absolute atomic E-state index is 0.0259. The molecule has 0 aromatic heterocycles. The highest BCUT2D eigenvalue weighted by atomic mass is 32.2. The van der Waals surface area contributed by atoms with Gasteiger partial charge in [0.05, 0.1) is 36.2 Å². The van der Waals surface area contributed by atoms with Crippen molar-refractivity contribution in [3.8, 4) is 0 Å². The minimum atomic E-state index is -3.01. The number of benzene rings is 1. The Balaban J connectivity index is 1.07. The molecule has 5 unspecified atom stereocenters. The van der Waals surface area contributed by atoms with Gasteiger partial charge in [0.15, 0.2) is 9.84 Å². The highest BCUT2D eigenvalue weighted by Gasteiger charge is 2.50. The number of sulfone groups is 1. The number of nitrogens with zero attached hydrogens (tertiary/aromatic N) is 1. The predicted molar refractivity (Wildman–Crippen MR) is 113 cm³/mol. The van der Waals surface area contributed by atoms with E-state index in [1.165, 1.54) is 11.1 Å². The van der Waals surface area contributed by atoms with Crippen LogP contribution in [0.1, 0.15) is 24.0 Å². The van der Waals surface area contributed by atoms with Gasteiger partial charge in [-0.2, -0.15) is 0 Å². The van der Waals surface area contributed by atoms with Crippen LogP contribution in [0.3, 0.4) is 0 Å². The number of hydrogen-bond donors (Lipinski definition) is 2. The van der Waals surface area contributed by atoms with Crippen LogP contribution in [0.25, 0.3) is 0 Å². The largest absolute Gasteiger partial charge is 0.388 e. The quantitative estimate of drug-likeness (QED) is 0.633. The summed E-state index contributed by atoms with van der Waals surface area (Å²) in [6.07, 6.45) is 0.804. The van der Waals surface area contributed by atoms with Crippen molar-refractivity contribution in [2.24, 2.45) is 0 Å². The van der Waals surface area contributed by atoms with Crippen molar-refractivity contribution < 1.29 is 27.8 Å². The lowest BCUT2D eigenvalue weighted by atomic mass is 10.1. The third-order valence-electron chi connectivity index (χ3n) is 7.04. The van der Waals surface area contributed by atoms with Crippen LogP contribution in [0.2, 0.25) is 0 Å². The lowest BCUT2D eigenvalue weighted by Gasteiger charge is -2.28. The first-order chi connectivity index (χ1) is 14.9. The van der Waals surface area contributed by atoms with Gasteiger partial charge in [-0.05, 0) is 24.0 Å². The summed E-state index contributed by atoms with van der Waals surface area (Å²) in [7, 11) is -3.01. The van der Waals surface area contributed by atoms with Gasteiger partial charge >= 0.3 is 0 Å². The predicted octanol–water partition coefficient (Wildman–Crippen LogP) is -0.324. The average molecular weight is 451 g/mol. The van der Waals surface area contributed by atoms with E-state index in [4.69, 9.17) is 9.47 Å². The minimum Gasteiger partial charge on any atom is -0.388 e. The second-order valence-corrected chi connectivity index (χ2v) is 11.5. The van der Waals surface area contributed by atoms with E-state index in [2.05, 4.69) is 29.6 Å². The van der Waals surface area contributed by atoms with Gasteiger partial charge in [0.2, 0.25) is 5.91 Å². The normalized spacial score (nSPS) is 34.6. The van der Waals surface area contributed by atoms with E-state index in [1.54, 1.807) is 4.90 Å². The molecule has 0 radical (unpaired) electrons. The zero-order valence-corrected chi connectivity index (χ0v) is 18.3. The molecule has 0 saturated carbocycles. The maximum absolute atomic E-state index is 12.5. The third kappa shape index (κ3) is 4.52. The van der Waals surface area contributed by atoms with Crippen molar-refractivity contribution in [2.45, 2.75) is 62.2 Å². The SMILES string of the molecule is O=C(CC1CC2OC(CNC3Cc4ccccc4C3)C(O)C2O1)N1CCS(=O)(=O)CC1. The van der Waals surface area contributed by atoms with E-state index in [9.17, 15) is 18.3 Å². The topological polar surface area (TPSA) is 105 Å². The standard InChI is InChI=1S/C22H30N2O6S/c25-20(24-5-7-31(27,28)8-6-24)12-17-11-18-22(29-17)21(26)19(30-18)13-23-16-9-14-3-1-2-4-15(14)10-16/h1-4,16-19,21-23,26H,5-13H2. The number of ether oxygens (including phenoxy) is 2. The molecule has 3 saturated heterocycles. The van der Waals surface area contributed by atoms with Crippen molar-refractivity contribution in [2.75, 3.05) is 31.1 Å². The summed E-state index contributed by atoms with van der Waals surface area (Å²) in [5, 5.41) is 14.2. The number of rotatable bonds is 5. The first-order valence-corrected chi connectivity index (χ1v) is 13.0. The van der Waals surface area contributed by atoms with Crippen LogP contribution >= 0.6 is 0 Å². The molecule has 2 N–H and O–H groups in total. The Kier molecular flexibility index (Phi) is 5.81. The van der Waals surface area contributed by atoms with Crippen molar-refractivity contribution in [1.82, 2.24) is 10.2 Å². The second kappa shape index (κ2) is 8.44. The van der Waals surface area contributed by atoms with Gasteiger partial charge in [0, 0.05) is 32.1 Å². The number of carbonyl (C=O) groups excluding carboxylic acids is 1. The van der Waals surface area contributed by atoms with E-state index < -0.39 is 22.0 Å². The Hall–Kier alpha value is -1.52. The fraction of sp³-hybridized carbons (Fsp3) is 0.682. The Bertz CT molecular complexity index is 899. The van der Waals surface area contributed by atoms with Gasteiger partial charge in [0.1, 0.15) is 12.2 Å². The molecule has 4 aliphatic rings. The van der Waals surface area contributed by atoms with Gasteiger partial charge in [-0.3, -0.25) is 4.79 Å². The van der Waals surface area contributed by atoms with Crippen LogP contribution in [0.15, 0.2) is 24.3 Å². The smallest absolute Gasteiger partial charge is 0.225 e. The van der Waals surface area contributed by atoms with E-state index in [1.807, 2.05) is 0 Å². The van der Waals surface area contributed by atoms with E-state index >= 15 is 0 Å². The van der Waals surface area contributed by atoms with Crippen LogP contribution in [-0.4, -0.2) is 92.0 Å². The molecule has 9 heteroatoms. The first-order valence-electron chi connectivity index (χ1n) is 11.2. The van der Waals surface area contributed by atoms with E-state index in [0.717, 1.165) is 12.8 Å². The molecule has 0 bridgehead atoms. The molecule has 170 valence electrons. The molecule has 1 aliphatic carbocycles. The lowest BCUT2D eigenvalue weighted by molar-refractivity contribution is -0.134. The monoisotopic (exact) mass is 450 g/mol. The first kappa shape index (κ1) is 21.3. The molecule has 8 nitrogen and oxygen atoms in total. The van der Waals surface area contributed by atoms with Crippen molar-refractivity contribution in [3.63, 3.8) is 0 Å². The molecule has 5 atom stereocenters. The zero-order chi connectivity index (χ0) is 21.6. The molecule has 31 heavy (non-hydrogen) atoms. The Labute approximate surface area is 182 Å². The summed E-state index contributed by atoms with van der Waals surface area (Å²) in [5.41, 5.74) is 2.76. The summed E-state index contributed by atoms with van der Waals surface area (Å²) in [5.74, 6) is -0.0377. The van der Waals surface area contributed by atoms with Crippen LogP contribution in [-0.2, 0) is 36.9 Å². The number of carbonyl (C=O) groups is 1. The number of aliphatic hydroxyl groups is 1. The Morgan fingerprint density at radius 3 is 2.45 bits per heavy atom. The summed E-state index contributed by atoms with van der Waals surface area (Å²) in [6.45, 7) is 1.07. The molecule has 3 fully saturated rings. The van der Waals surface area contributed by atoms with Gasteiger partial charge in [-0.25, -0.2) is 8.42 Å². The Morgan fingerprint density at radius 2 is 1.81 bits per heavy atom. The van der Waals surface area contributed by atoms with Crippen molar-refractivity contribution in [3.05, 3.63) is 35.4 Å². The Morgan fingerprint density at radius 1 is 1.13 bits per heavy atom. The number of aliphatic hydroxyl groups excluding tert-OH is 1. The van der Waals surface area contributed by atoms with E-state index in [-0.39, 0.29) is 55.2 Å². The maximum atomic E-state index is 12.5.